The molecule has 1 heterocycles. The van der Waals surface area contributed by atoms with Crippen LogP contribution in [0.4, 0.5) is 0 Å². The lowest BCUT2D eigenvalue weighted by Gasteiger charge is -2.47. The van der Waals surface area contributed by atoms with Crippen LogP contribution < -0.4 is 0 Å². The minimum Gasteiger partial charge on any atom is -0.394 e. The fourth-order valence-corrected chi connectivity index (χ4v) is 1.85. The van der Waals surface area contributed by atoms with Crippen molar-refractivity contribution in [2.45, 2.75) is 50.4 Å². The first kappa shape index (κ1) is 12.2. The predicted octanol–water partition coefficient (Wildman–Crippen LogP) is -1.40. The molecule has 0 bridgehead atoms. The predicted molar refractivity (Wildman–Crippen MR) is 54.6 cm³/mol. The third-order valence-corrected chi connectivity index (χ3v) is 2.77. The second-order valence-electron chi connectivity index (χ2n) is 3.76. The van der Waals surface area contributed by atoms with E-state index in [1.807, 2.05) is 0 Å². The van der Waals surface area contributed by atoms with Crippen LogP contribution in [0, 0.1) is 0 Å². The molecule has 6 nitrogen and oxygen atoms in total. The summed E-state index contributed by atoms with van der Waals surface area (Å²) < 4.78 is 17.8. The highest BCUT2D eigenvalue weighted by atomic mass is 16.7. The quantitative estimate of drug-likeness (QED) is 0.480. The summed E-state index contributed by atoms with van der Waals surface area (Å²) in [5.41, 5.74) is 0. The molecule has 0 radical (unpaired) electrons. The van der Waals surface area contributed by atoms with Crippen LogP contribution in [0.2, 0.25) is 0 Å². The molecule has 1 rings (SSSR count). The van der Waals surface area contributed by atoms with Crippen molar-refractivity contribution in [3.63, 3.8) is 0 Å². The molecule has 16 heavy (non-hydrogen) atoms. The lowest BCUT2D eigenvalue weighted by atomic mass is 9.91. The lowest BCUT2D eigenvalue weighted by molar-refractivity contribution is -0.364. The third kappa shape index (κ3) is 2.22. The summed E-state index contributed by atoms with van der Waals surface area (Å²) in [6, 6.07) is 0. The van der Waals surface area contributed by atoms with E-state index in [1.54, 1.807) is 6.92 Å². The van der Waals surface area contributed by atoms with E-state index in [4.69, 9.17) is 16.0 Å². The van der Waals surface area contributed by atoms with Gasteiger partial charge >= 0.3 is 0 Å². The summed E-state index contributed by atoms with van der Waals surface area (Å²) in [5, 5.41) is 38.2. The Morgan fingerprint density at radius 2 is 2.06 bits per heavy atom. The molecule has 0 aromatic rings. The summed E-state index contributed by atoms with van der Waals surface area (Å²) in [5.74, 6) is -1.54. The highest BCUT2D eigenvalue weighted by Gasteiger charge is 2.53. The van der Waals surface area contributed by atoms with Crippen LogP contribution >= 0.6 is 0 Å². The van der Waals surface area contributed by atoms with Gasteiger partial charge in [0.1, 0.15) is 24.4 Å². The zero-order valence-electron chi connectivity index (χ0n) is 10.2. The molecule has 5 atom stereocenters. The van der Waals surface area contributed by atoms with E-state index in [9.17, 15) is 15.3 Å². The van der Waals surface area contributed by atoms with Gasteiger partial charge in [0, 0.05) is 14.4 Å². The molecule has 0 amide bonds. The van der Waals surface area contributed by atoms with Gasteiger partial charge in [-0.3, -0.25) is 0 Å². The van der Waals surface area contributed by atoms with Gasteiger partial charge in [-0.2, -0.15) is 0 Å². The fourth-order valence-electron chi connectivity index (χ4n) is 1.85. The van der Waals surface area contributed by atoms with E-state index < -0.39 is 36.8 Å². The van der Waals surface area contributed by atoms with Gasteiger partial charge < -0.3 is 29.9 Å². The van der Waals surface area contributed by atoms with Crippen LogP contribution in [0.15, 0.2) is 0 Å². The van der Waals surface area contributed by atoms with Crippen LogP contribution in [-0.4, -0.2) is 63.8 Å². The summed E-state index contributed by atoms with van der Waals surface area (Å²) in [6.07, 6.45) is -5.30. The lowest BCUT2D eigenvalue weighted by Crippen LogP contribution is -2.65. The minimum absolute atomic E-state index is 0.0439. The molecule has 0 spiro atoms. The number of aliphatic hydroxyl groups is 4. The van der Waals surface area contributed by atoms with Crippen LogP contribution in [0.25, 0.3) is 0 Å². The molecule has 1 saturated heterocycles. The van der Waals surface area contributed by atoms with E-state index in [1.165, 1.54) is 0 Å². The number of ether oxygens (including phenoxy) is 2. The Morgan fingerprint density at radius 1 is 1.38 bits per heavy atom. The maximum atomic E-state index is 9.91. The molecule has 0 aromatic heterocycles. The van der Waals surface area contributed by atoms with Crippen molar-refractivity contribution in [2.75, 3.05) is 13.2 Å². The summed E-state index contributed by atoms with van der Waals surface area (Å²) in [7, 11) is 0. The van der Waals surface area contributed by atoms with Gasteiger partial charge in [-0.05, 0) is 6.92 Å². The molecule has 1 aliphatic rings. The largest absolute Gasteiger partial charge is 0.394 e. The van der Waals surface area contributed by atoms with Gasteiger partial charge in [-0.25, -0.2) is 0 Å². The van der Waals surface area contributed by atoms with E-state index in [-0.39, 0.29) is 19.9 Å². The summed E-state index contributed by atoms with van der Waals surface area (Å²) >= 11 is 0. The highest BCUT2D eigenvalue weighted by molar-refractivity contribution is 4.96. The third-order valence-electron chi connectivity index (χ3n) is 2.77. The Labute approximate surface area is 95.8 Å². The fraction of sp³-hybridized carbons (Fsp3) is 1.00. The van der Waals surface area contributed by atoms with Crippen LogP contribution in [0.1, 0.15) is 21.6 Å². The van der Waals surface area contributed by atoms with E-state index in [2.05, 4.69) is 0 Å². The first-order valence-corrected chi connectivity index (χ1v) is 5.28. The van der Waals surface area contributed by atoms with E-state index >= 15 is 0 Å². The molecule has 0 aromatic carbocycles. The highest BCUT2D eigenvalue weighted by Crippen LogP contribution is 2.33. The molecule has 1 fully saturated rings. The van der Waals surface area contributed by atoms with Crippen molar-refractivity contribution in [1.82, 2.24) is 0 Å². The number of hydrogen-bond donors (Lipinski definition) is 4. The van der Waals surface area contributed by atoms with Crippen LogP contribution in [0.3, 0.4) is 0 Å². The topological polar surface area (TPSA) is 99.4 Å². The Bertz CT molecular complexity index is 231. The maximum Gasteiger partial charge on any atom is 0.197 e. The Morgan fingerprint density at radius 3 is 2.56 bits per heavy atom. The standard InChI is InChI=1S/C10H20O6/c1-3-10(15-4-2)9(14)8(13)7(12)6(5-11)16-10/h6-9,11-14H,3-5H2,1-2H3/t6-,7-,8+,9-,10?/m1/s1/i1D. The van der Waals surface area contributed by atoms with Crippen molar-refractivity contribution in [3.8, 4) is 0 Å². The van der Waals surface area contributed by atoms with Gasteiger partial charge in [0.15, 0.2) is 5.79 Å². The minimum atomic E-state index is -1.54. The SMILES string of the molecule is [2H]CCC1(OCC)O[C@H](CO)[C@@H](O)[C@H](O)[C@H]1O. The average Bonchev–Trinajstić information content (AvgIpc) is 2.32. The Hall–Kier alpha value is -0.240. The van der Waals surface area contributed by atoms with Crippen molar-refractivity contribution >= 4 is 0 Å². The molecular formula is C10H20O6. The summed E-state index contributed by atoms with van der Waals surface area (Å²) in [4.78, 5) is 0. The maximum absolute atomic E-state index is 9.91. The van der Waals surface area contributed by atoms with Gasteiger partial charge in [0.05, 0.1) is 6.61 Å². The molecule has 1 unspecified atom stereocenters. The van der Waals surface area contributed by atoms with Gasteiger partial charge in [0.25, 0.3) is 0 Å². The first-order valence-electron chi connectivity index (χ1n) is 5.99. The van der Waals surface area contributed by atoms with Gasteiger partial charge in [-0.15, -0.1) is 0 Å². The smallest absolute Gasteiger partial charge is 0.197 e. The first-order chi connectivity index (χ1) is 8.02. The average molecular weight is 237 g/mol. The van der Waals surface area contributed by atoms with Crippen molar-refractivity contribution in [2.24, 2.45) is 0 Å². The number of rotatable bonds is 4. The molecule has 1 aliphatic heterocycles. The van der Waals surface area contributed by atoms with Crippen molar-refractivity contribution in [3.05, 3.63) is 0 Å². The van der Waals surface area contributed by atoms with E-state index in [0.29, 0.717) is 0 Å². The summed E-state index contributed by atoms with van der Waals surface area (Å²) in [6.45, 7) is 1.33. The zero-order chi connectivity index (χ0) is 13.1. The molecular weight excluding hydrogens is 216 g/mol. The molecule has 4 N–H and O–H groups in total. The Kier molecular flexibility index (Phi) is 4.12. The van der Waals surface area contributed by atoms with E-state index in [0.717, 1.165) is 0 Å². The van der Waals surface area contributed by atoms with Crippen LogP contribution in [0.5, 0.6) is 0 Å². The number of aliphatic hydroxyl groups excluding tert-OH is 4. The molecule has 0 aliphatic carbocycles. The Balaban J connectivity index is 2.93. The monoisotopic (exact) mass is 237 g/mol. The second-order valence-corrected chi connectivity index (χ2v) is 3.76. The van der Waals surface area contributed by atoms with Gasteiger partial charge in [0.2, 0.25) is 0 Å². The molecule has 96 valence electrons. The zero-order valence-corrected chi connectivity index (χ0v) is 9.24. The van der Waals surface area contributed by atoms with Crippen molar-refractivity contribution in [1.29, 1.82) is 0 Å². The van der Waals surface area contributed by atoms with Gasteiger partial charge in [-0.1, -0.05) is 6.90 Å². The molecule has 6 heteroatoms. The normalized spacial score (nSPS) is 45.4. The van der Waals surface area contributed by atoms with Crippen molar-refractivity contribution < 1.29 is 31.3 Å². The van der Waals surface area contributed by atoms with Crippen LogP contribution in [-0.2, 0) is 9.47 Å². The second kappa shape index (κ2) is 5.39. The number of hydrogen-bond acceptors (Lipinski definition) is 6. The molecule has 0 saturated carbocycles.